The molecule has 0 aliphatic carbocycles. The second-order valence-corrected chi connectivity index (χ2v) is 6.69. The Hall–Kier alpha value is -2.38. The Balaban J connectivity index is 5.19. The first kappa shape index (κ1) is 25.6. The lowest BCUT2D eigenvalue weighted by Gasteiger charge is -2.24. The number of rotatable bonds is 12. The minimum absolute atomic E-state index is 0.224. The average Bonchev–Trinajstić information content (AvgIpc) is 2.61. The van der Waals surface area contributed by atoms with E-state index in [0.29, 0.717) is 0 Å². The lowest BCUT2D eigenvalue weighted by atomic mass is 10.0. The van der Waals surface area contributed by atoms with E-state index in [1.54, 1.807) is 13.8 Å². The van der Waals surface area contributed by atoms with E-state index >= 15 is 0 Å². The van der Waals surface area contributed by atoms with Gasteiger partial charge in [0.2, 0.25) is 23.6 Å². The number of aliphatic carboxylic acids is 1. The van der Waals surface area contributed by atoms with E-state index in [1.165, 1.54) is 0 Å². The molecule has 0 aromatic rings. The summed E-state index contributed by atoms with van der Waals surface area (Å²) in [5.41, 5.74) is 10.8. The van der Waals surface area contributed by atoms with Crippen LogP contribution in [0.3, 0.4) is 0 Å². The van der Waals surface area contributed by atoms with Gasteiger partial charge in [0.05, 0.1) is 19.1 Å². The van der Waals surface area contributed by atoms with Crippen LogP contribution < -0.4 is 27.4 Å². The molecule has 0 spiro atoms. The highest BCUT2D eigenvalue weighted by atomic mass is 32.1. The number of carbonyl (C=O) groups is 5. The molecule has 4 atom stereocenters. The Morgan fingerprint density at radius 3 is 1.79 bits per heavy atom. The minimum atomic E-state index is -1.57. The first-order valence-corrected chi connectivity index (χ1v) is 8.97. The Kier molecular flexibility index (Phi) is 11.1. The van der Waals surface area contributed by atoms with E-state index in [-0.39, 0.29) is 11.7 Å². The molecule has 0 aromatic heterocycles. The van der Waals surface area contributed by atoms with Crippen LogP contribution >= 0.6 is 12.6 Å². The number of aliphatic hydroxyl groups excluding tert-OH is 1. The number of carbonyl (C=O) groups excluding carboxylic acids is 4. The molecule has 0 radical (unpaired) electrons. The number of carboxylic acid groups (broad SMARTS) is 1. The molecule has 4 amide bonds. The number of hydrogen-bond donors (Lipinski definition) is 8. The maximum Gasteiger partial charge on any atom is 0.328 e. The molecule has 0 aliphatic rings. The molecule has 0 fully saturated rings. The fraction of sp³-hybridized carbons (Fsp3) is 0.667. The molecule has 0 bridgehead atoms. The Morgan fingerprint density at radius 2 is 1.39 bits per heavy atom. The topological polar surface area (TPSA) is 214 Å². The van der Waals surface area contributed by atoms with Crippen LogP contribution in [-0.2, 0) is 24.0 Å². The van der Waals surface area contributed by atoms with Crippen molar-refractivity contribution in [2.45, 2.75) is 44.4 Å². The minimum Gasteiger partial charge on any atom is -0.480 e. The molecular formula is C15H27N5O7S. The molecule has 0 saturated carbocycles. The summed E-state index contributed by atoms with van der Waals surface area (Å²) in [4.78, 5) is 58.7. The quantitative estimate of drug-likeness (QED) is 0.146. The lowest BCUT2D eigenvalue weighted by Crippen LogP contribution is -2.59. The number of aliphatic hydroxyl groups is 1. The lowest BCUT2D eigenvalue weighted by molar-refractivity contribution is -0.143. The van der Waals surface area contributed by atoms with Crippen LogP contribution in [0, 0.1) is 5.92 Å². The largest absolute Gasteiger partial charge is 0.480 e. The SMILES string of the molecule is CC(C)C(N)C(=O)NC(CC(N)=O)C(=O)NC(CS)C(=O)NC(CO)C(=O)O. The van der Waals surface area contributed by atoms with E-state index in [9.17, 15) is 24.0 Å². The zero-order valence-corrected chi connectivity index (χ0v) is 16.4. The van der Waals surface area contributed by atoms with E-state index in [0.717, 1.165) is 0 Å². The van der Waals surface area contributed by atoms with Gasteiger partial charge >= 0.3 is 5.97 Å². The van der Waals surface area contributed by atoms with Crippen molar-refractivity contribution in [1.82, 2.24) is 16.0 Å². The molecule has 13 heteroatoms. The van der Waals surface area contributed by atoms with Crippen molar-refractivity contribution in [3.63, 3.8) is 0 Å². The number of hydrogen-bond acceptors (Lipinski definition) is 8. The van der Waals surface area contributed by atoms with Crippen LogP contribution in [0.2, 0.25) is 0 Å². The zero-order valence-electron chi connectivity index (χ0n) is 15.5. The van der Waals surface area contributed by atoms with Crippen LogP contribution in [0.1, 0.15) is 20.3 Å². The van der Waals surface area contributed by atoms with Crippen molar-refractivity contribution in [1.29, 1.82) is 0 Å². The van der Waals surface area contributed by atoms with Gasteiger partial charge in [0.15, 0.2) is 0 Å². The Labute approximate surface area is 167 Å². The maximum atomic E-state index is 12.4. The fourth-order valence-electron chi connectivity index (χ4n) is 1.91. The summed E-state index contributed by atoms with van der Waals surface area (Å²) in [6.45, 7) is 2.52. The zero-order chi connectivity index (χ0) is 22.0. The number of nitrogens with two attached hydrogens (primary N) is 2. The molecule has 28 heavy (non-hydrogen) atoms. The summed E-state index contributed by atoms with van der Waals surface area (Å²) >= 11 is 3.92. The third kappa shape index (κ3) is 8.54. The number of amides is 4. The molecule has 12 nitrogen and oxygen atoms in total. The molecule has 0 aliphatic heterocycles. The van der Waals surface area contributed by atoms with Crippen LogP contribution in [0.15, 0.2) is 0 Å². The van der Waals surface area contributed by atoms with Gasteiger partial charge in [0.1, 0.15) is 18.1 Å². The molecule has 4 unspecified atom stereocenters. The van der Waals surface area contributed by atoms with E-state index < -0.39 is 66.8 Å². The van der Waals surface area contributed by atoms with E-state index in [1.807, 2.05) is 5.32 Å². The summed E-state index contributed by atoms with van der Waals surface area (Å²) in [6.07, 6.45) is -0.544. The van der Waals surface area contributed by atoms with Gasteiger partial charge in [-0.15, -0.1) is 0 Å². The molecule has 0 aromatic carbocycles. The Morgan fingerprint density at radius 1 is 0.929 bits per heavy atom. The molecule has 0 saturated heterocycles. The third-order valence-corrected chi connectivity index (χ3v) is 4.04. The molecule has 9 N–H and O–H groups in total. The number of thiol groups is 1. The summed E-state index contributed by atoms with van der Waals surface area (Å²) in [5.74, 6) is -5.33. The summed E-state index contributed by atoms with van der Waals surface area (Å²) in [7, 11) is 0. The van der Waals surface area contributed by atoms with Crippen LogP contribution in [0.4, 0.5) is 0 Å². The van der Waals surface area contributed by atoms with Crippen LogP contribution in [-0.4, -0.2) is 76.3 Å². The summed E-state index contributed by atoms with van der Waals surface area (Å²) in [5, 5.41) is 24.4. The number of nitrogens with one attached hydrogen (secondary N) is 3. The van der Waals surface area contributed by atoms with Gasteiger partial charge in [-0.3, -0.25) is 19.2 Å². The van der Waals surface area contributed by atoms with Gasteiger partial charge < -0.3 is 37.6 Å². The highest BCUT2D eigenvalue weighted by Crippen LogP contribution is 2.02. The van der Waals surface area contributed by atoms with Crippen LogP contribution in [0.5, 0.6) is 0 Å². The van der Waals surface area contributed by atoms with Gasteiger partial charge in [-0.2, -0.15) is 12.6 Å². The highest BCUT2D eigenvalue weighted by Gasteiger charge is 2.30. The van der Waals surface area contributed by atoms with Crippen LogP contribution in [0.25, 0.3) is 0 Å². The maximum absolute atomic E-state index is 12.4. The van der Waals surface area contributed by atoms with Gasteiger partial charge in [-0.25, -0.2) is 4.79 Å². The predicted molar refractivity (Wildman–Crippen MR) is 101 cm³/mol. The highest BCUT2D eigenvalue weighted by molar-refractivity contribution is 7.80. The van der Waals surface area contributed by atoms with Crippen molar-refractivity contribution in [2.75, 3.05) is 12.4 Å². The molecule has 0 rings (SSSR count). The van der Waals surface area contributed by atoms with Crippen molar-refractivity contribution < 1.29 is 34.2 Å². The third-order valence-electron chi connectivity index (χ3n) is 3.67. The Bertz CT molecular complexity index is 601. The monoisotopic (exact) mass is 421 g/mol. The average molecular weight is 421 g/mol. The smallest absolute Gasteiger partial charge is 0.328 e. The van der Waals surface area contributed by atoms with Gasteiger partial charge in [-0.05, 0) is 5.92 Å². The van der Waals surface area contributed by atoms with Gasteiger partial charge in [-0.1, -0.05) is 13.8 Å². The van der Waals surface area contributed by atoms with Crippen molar-refractivity contribution in [3.05, 3.63) is 0 Å². The van der Waals surface area contributed by atoms with Gasteiger partial charge in [0, 0.05) is 5.75 Å². The second kappa shape index (κ2) is 12.2. The predicted octanol–water partition coefficient (Wildman–Crippen LogP) is -3.69. The van der Waals surface area contributed by atoms with Crippen molar-refractivity contribution in [3.8, 4) is 0 Å². The van der Waals surface area contributed by atoms with Gasteiger partial charge in [0.25, 0.3) is 0 Å². The fourth-order valence-corrected chi connectivity index (χ4v) is 2.16. The molecule has 160 valence electrons. The van der Waals surface area contributed by atoms with E-state index in [2.05, 4.69) is 23.3 Å². The summed E-state index contributed by atoms with van der Waals surface area (Å²) < 4.78 is 0. The van der Waals surface area contributed by atoms with Crippen molar-refractivity contribution in [2.24, 2.45) is 17.4 Å². The summed E-state index contributed by atoms with van der Waals surface area (Å²) in [6, 6.07) is -5.20. The molecular weight excluding hydrogens is 394 g/mol. The molecule has 0 heterocycles. The second-order valence-electron chi connectivity index (χ2n) is 6.33. The normalized spacial score (nSPS) is 15.1. The standard InChI is InChI=1S/C15H27N5O7S/c1-6(2)11(17)14(25)18-7(3-10(16)22)12(23)20-9(5-28)13(24)19-8(4-21)15(26)27/h6-9,11,21,28H,3-5,17H2,1-2H3,(H2,16,22)(H,18,25)(H,19,24)(H,20,23)(H,26,27). The number of primary amides is 1. The first-order valence-electron chi connectivity index (χ1n) is 8.34. The van der Waals surface area contributed by atoms with E-state index in [4.69, 9.17) is 21.7 Å². The first-order chi connectivity index (χ1) is 12.9. The van der Waals surface area contributed by atoms with Crippen molar-refractivity contribution >= 4 is 42.2 Å². The number of carboxylic acids is 1.